The molecule has 0 bridgehead atoms. The Kier molecular flexibility index (Phi) is 1.88. The van der Waals surface area contributed by atoms with Gasteiger partial charge in [0.25, 0.3) is 0 Å². The van der Waals surface area contributed by atoms with Crippen molar-refractivity contribution in [2.45, 2.75) is 12.6 Å². The SMILES string of the molecule is C1CN(C2CNCCN2)C1. The smallest absolute Gasteiger partial charge is 0.0726 e. The van der Waals surface area contributed by atoms with Crippen molar-refractivity contribution in [3.8, 4) is 0 Å². The van der Waals surface area contributed by atoms with Crippen molar-refractivity contribution in [1.82, 2.24) is 15.5 Å². The lowest BCUT2D eigenvalue weighted by molar-refractivity contribution is 0.0846. The molecular formula is C7H15N3. The van der Waals surface area contributed by atoms with Crippen LogP contribution in [0.3, 0.4) is 0 Å². The fraction of sp³-hybridized carbons (Fsp3) is 1.00. The molecule has 10 heavy (non-hydrogen) atoms. The van der Waals surface area contributed by atoms with Gasteiger partial charge in [-0.1, -0.05) is 0 Å². The normalized spacial score (nSPS) is 35.4. The molecule has 1 atom stereocenters. The highest BCUT2D eigenvalue weighted by atomic mass is 15.3. The Bertz CT molecular complexity index is 105. The van der Waals surface area contributed by atoms with Crippen LogP contribution in [0.25, 0.3) is 0 Å². The maximum absolute atomic E-state index is 3.48. The molecule has 0 radical (unpaired) electrons. The van der Waals surface area contributed by atoms with Gasteiger partial charge in [0, 0.05) is 32.7 Å². The second kappa shape index (κ2) is 2.86. The largest absolute Gasteiger partial charge is 0.313 e. The topological polar surface area (TPSA) is 27.3 Å². The first-order chi connectivity index (χ1) is 4.97. The van der Waals surface area contributed by atoms with Gasteiger partial charge in [0.1, 0.15) is 0 Å². The minimum Gasteiger partial charge on any atom is -0.313 e. The lowest BCUT2D eigenvalue weighted by Crippen LogP contribution is -2.60. The van der Waals surface area contributed by atoms with Crippen LogP contribution in [0.4, 0.5) is 0 Å². The summed E-state index contributed by atoms with van der Waals surface area (Å²) >= 11 is 0. The zero-order valence-corrected chi connectivity index (χ0v) is 6.27. The standard InChI is InChI=1S/C7H15N3/c1-4-10(5-1)7-6-8-2-3-9-7/h7-9H,1-6H2. The van der Waals surface area contributed by atoms with Gasteiger partial charge in [-0.05, 0) is 6.42 Å². The van der Waals surface area contributed by atoms with Crippen LogP contribution in [0.1, 0.15) is 6.42 Å². The van der Waals surface area contributed by atoms with E-state index in [4.69, 9.17) is 0 Å². The molecule has 1 unspecified atom stereocenters. The highest BCUT2D eigenvalue weighted by molar-refractivity contribution is 4.81. The molecule has 0 aliphatic carbocycles. The predicted octanol–water partition coefficient (Wildman–Crippen LogP) is -0.789. The van der Waals surface area contributed by atoms with Gasteiger partial charge in [0.15, 0.2) is 0 Å². The third kappa shape index (κ3) is 1.17. The molecule has 2 N–H and O–H groups in total. The van der Waals surface area contributed by atoms with Crippen molar-refractivity contribution in [2.75, 3.05) is 32.7 Å². The van der Waals surface area contributed by atoms with E-state index in [9.17, 15) is 0 Å². The molecule has 0 aromatic rings. The van der Waals surface area contributed by atoms with E-state index in [1.54, 1.807) is 0 Å². The predicted molar refractivity (Wildman–Crippen MR) is 40.9 cm³/mol. The molecule has 2 heterocycles. The molecule has 2 aliphatic heterocycles. The molecule has 2 aliphatic rings. The maximum Gasteiger partial charge on any atom is 0.0726 e. The molecule has 0 aromatic heterocycles. The highest BCUT2D eigenvalue weighted by Crippen LogP contribution is 2.09. The fourth-order valence-corrected chi connectivity index (χ4v) is 1.55. The minimum atomic E-state index is 0.627. The summed E-state index contributed by atoms with van der Waals surface area (Å²) in [5, 5.41) is 6.86. The first-order valence-corrected chi connectivity index (χ1v) is 4.15. The van der Waals surface area contributed by atoms with E-state index in [0.29, 0.717) is 6.17 Å². The van der Waals surface area contributed by atoms with E-state index in [1.807, 2.05) is 0 Å². The van der Waals surface area contributed by atoms with Gasteiger partial charge >= 0.3 is 0 Å². The van der Waals surface area contributed by atoms with Crippen molar-refractivity contribution in [3.05, 3.63) is 0 Å². The van der Waals surface area contributed by atoms with Gasteiger partial charge in [-0.15, -0.1) is 0 Å². The minimum absolute atomic E-state index is 0.627. The van der Waals surface area contributed by atoms with Gasteiger partial charge in [-0.3, -0.25) is 10.2 Å². The fourth-order valence-electron chi connectivity index (χ4n) is 1.55. The zero-order chi connectivity index (χ0) is 6.81. The molecule has 2 saturated heterocycles. The van der Waals surface area contributed by atoms with Crippen LogP contribution in [0.15, 0.2) is 0 Å². The summed E-state index contributed by atoms with van der Waals surface area (Å²) in [4.78, 5) is 2.49. The lowest BCUT2D eigenvalue weighted by Gasteiger charge is -2.40. The van der Waals surface area contributed by atoms with Crippen molar-refractivity contribution >= 4 is 0 Å². The third-order valence-corrected chi connectivity index (χ3v) is 2.35. The van der Waals surface area contributed by atoms with Crippen LogP contribution >= 0.6 is 0 Å². The number of nitrogens with zero attached hydrogens (tertiary/aromatic N) is 1. The molecule has 0 saturated carbocycles. The molecule has 3 heteroatoms. The van der Waals surface area contributed by atoms with Gasteiger partial charge in [0.2, 0.25) is 0 Å². The first kappa shape index (κ1) is 6.58. The van der Waals surface area contributed by atoms with Crippen LogP contribution in [0, 0.1) is 0 Å². The van der Waals surface area contributed by atoms with Gasteiger partial charge < -0.3 is 5.32 Å². The number of piperazine rings is 1. The Morgan fingerprint density at radius 1 is 1.20 bits per heavy atom. The summed E-state index contributed by atoms with van der Waals surface area (Å²) in [6.07, 6.45) is 2.01. The molecule has 2 rings (SSSR count). The van der Waals surface area contributed by atoms with Crippen molar-refractivity contribution in [2.24, 2.45) is 0 Å². The summed E-state index contributed by atoms with van der Waals surface area (Å²) < 4.78 is 0. The Hall–Kier alpha value is -0.120. The second-order valence-electron chi connectivity index (χ2n) is 3.06. The van der Waals surface area contributed by atoms with Crippen LogP contribution in [-0.2, 0) is 0 Å². The zero-order valence-electron chi connectivity index (χ0n) is 6.27. The summed E-state index contributed by atoms with van der Waals surface area (Å²) in [6, 6.07) is 0. The van der Waals surface area contributed by atoms with E-state index in [0.717, 1.165) is 19.6 Å². The number of likely N-dealkylation sites (tertiary alicyclic amines) is 1. The van der Waals surface area contributed by atoms with Crippen LogP contribution < -0.4 is 10.6 Å². The monoisotopic (exact) mass is 141 g/mol. The Morgan fingerprint density at radius 3 is 2.60 bits per heavy atom. The van der Waals surface area contributed by atoms with E-state index in [1.165, 1.54) is 19.5 Å². The third-order valence-electron chi connectivity index (χ3n) is 2.35. The Balaban J connectivity index is 1.78. The van der Waals surface area contributed by atoms with Crippen LogP contribution in [0.5, 0.6) is 0 Å². The molecule has 0 amide bonds. The van der Waals surface area contributed by atoms with Crippen molar-refractivity contribution < 1.29 is 0 Å². The van der Waals surface area contributed by atoms with E-state index < -0.39 is 0 Å². The average Bonchev–Trinajstić information content (AvgIpc) is 1.86. The molecule has 0 spiro atoms. The Morgan fingerprint density at radius 2 is 2.10 bits per heavy atom. The summed E-state index contributed by atoms with van der Waals surface area (Å²) in [6.45, 7) is 5.96. The number of hydrogen-bond acceptors (Lipinski definition) is 3. The first-order valence-electron chi connectivity index (χ1n) is 4.15. The van der Waals surface area contributed by atoms with Crippen LogP contribution in [-0.4, -0.2) is 43.8 Å². The molecular weight excluding hydrogens is 126 g/mol. The number of hydrogen-bond donors (Lipinski definition) is 2. The summed E-state index contributed by atoms with van der Waals surface area (Å²) in [5.41, 5.74) is 0. The number of nitrogens with one attached hydrogen (secondary N) is 2. The van der Waals surface area contributed by atoms with Crippen LogP contribution in [0.2, 0.25) is 0 Å². The second-order valence-corrected chi connectivity index (χ2v) is 3.06. The lowest BCUT2D eigenvalue weighted by atomic mass is 10.2. The molecule has 58 valence electrons. The quantitative estimate of drug-likeness (QED) is 0.501. The van der Waals surface area contributed by atoms with E-state index in [2.05, 4.69) is 15.5 Å². The van der Waals surface area contributed by atoms with Crippen molar-refractivity contribution in [1.29, 1.82) is 0 Å². The maximum atomic E-state index is 3.48. The molecule has 3 nitrogen and oxygen atoms in total. The van der Waals surface area contributed by atoms with E-state index in [-0.39, 0.29) is 0 Å². The average molecular weight is 141 g/mol. The van der Waals surface area contributed by atoms with Gasteiger partial charge in [-0.25, -0.2) is 0 Å². The Labute approximate surface area is 61.8 Å². The highest BCUT2D eigenvalue weighted by Gasteiger charge is 2.24. The summed E-state index contributed by atoms with van der Waals surface area (Å²) in [7, 11) is 0. The summed E-state index contributed by atoms with van der Waals surface area (Å²) in [5.74, 6) is 0. The van der Waals surface area contributed by atoms with E-state index >= 15 is 0 Å². The van der Waals surface area contributed by atoms with Gasteiger partial charge in [0.05, 0.1) is 6.17 Å². The molecule has 2 fully saturated rings. The van der Waals surface area contributed by atoms with Crippen molar-refractivity contribution in [3.63, 3.8) is 0 Å². The number of rotatable bonds is 1. The molecule has 0 aromatic carbocycles. The van der Waals surface area contributed by atoms with Gasteiger partial charge in [-0.2, -0.15) is 0 Å².